The summed E-state index contributed by atoms with van der Waals surface area (Å²) in [5.74, 6) is -1.22. The van der Waals surface area contributed by atoms with Crippen molar-refractivity contribution in [3.05, 3.63) is 93.6 Å². The number of aryl methyl sites for hydroxylation is 1. The number of nitrogens with zero attached hydrogens (tertiary/aromatic N) is 1. The molecule has 4 rings (SSSR count). The maximum atomic E-state index is 14.2. The second-order valence-electron chi connectivity index (χ2n) is 8.03. The second kappa shape index (κ2) is 8.44. The van der Waals surface area contributed by atoms with Crippen LogP contribution in [0.3, 0.4) is 0 Å². The standard InChI is InChI=1S/C25H27FN2O2/c1-16-21(14-27-23-13-7-10-18-8-3-5-11-20(18)23)24(25(29)30)17(2)28(16)15-19-9-4-6-12-22(19)26/h3-6,8-9,11-12,23,27H,7,10,13-15H2,1-2H3,(H,29,30)/t23-/m1/s1. The fourth-order valence-electron chi connectivity index (χ4n) is 4.67. The lowest BCUT2D eigenvalue weighted by atomic mass is 9.87. The molecule has 0 radical (unpaired) electrons. The van der Waals surface area contributed by atoms with Gasteiger partial charge in [-0.1, -0.05) is 42.5 Å². The molecule has 156 valence electrons. The summed E-state index contributed by atoms with van der Waals surface area (Å²) in [6.07, 6.45) is 3.24. The maximum absolute atomic E-state index is 14.2. The molecule has 1 aromatic heterocycles. The van der Waals surface area contributed by atoms with Gasteiger partial charge in [0.1, 0.15) is 5.82 Å². The molecule has 0 bridgehead atoms. The van der Waals surface area contributed by atoms with Crippen LogP contribution < -0.4 is 5.32 Å². The van der Waals surface area contributed by atoms with E-state index in [0.29, 0.717) is 29.9 Å². The first kappa shape index (κ1) is 20.4. The Morgan fingerprint density at radius 2 is 1.87 bits per heavy atom. The van der Waals surface area contributed by atoms with Crippen LogP contribution in [0, 0.1) is 19.7 Å². The third kappa shape index (κ3) is 3.77. The van der Waals surface area contributed by atoms with E-state index in [1.54, 1.807) is 25.1 Å². The third-order valence-electron chi connectivity index (χ3n) is 6.30. The van der Waals surface area contributed by atoms with Gasteiger partial charge in [0, 0.05) is 35.1 Å². The van der Waals surface area contributed by atoms with E-state index in [-0.39, 0.29) is 11.9 Å². The number of hydrogen-bond acceptors (Lipinski definition) is 2. The van der Waals surface area contributed by atoms with E-state index in [1.165, 1.54) is 17.2 Å². The van der Waals surface area contributed by atoms with E-state index in [2.05, 4.69) is 29.6 Å². The number of aromatic carboxylic acids is 1. The minimum absolute atomic E-state index is 0.214. The lowest BCUT2D eigenvalue weighted by Gasteiger charge is -2.26. The fraction of sp³-hybridized carbons (Fsp3) is 0.320. The molecule has 4 nitrogen and oxygen atoms in total. The van der Waals surface area contributed by atoms with Crippen LogP contribution in [0.2, 0.25) is 0 Å². The van der Waals surface area contributed by atoms with Crippen LogP contribution in [-0.2, 0) is 19.5 Å². The molecule has 2 aromatic carbocycles. The monoisotopic (exact) mass is 406 g/mol. The molecule has 0 spiro atoms. The van der Waals surface area contributed by atoms with Gasteiger partial charge in [-0.2, -0.15) is 0 Å². The van der Waals surface area contributed by atoms with E-state index in [9.17, 15) is 14.3 Å². The van der Waals surface area contributed by atoms with Crippen molar-refractivity contribution in [2.75, 3.05) is 0 Å². The minimum Gasteiger partial charge on any atom is -0.478 e. The average molecular weight is 407 g/mol. The molecule has 5 heteroatoms. The largest absolute Gasteiger partial charge is 0.478 e. The number of rotatable bonds is 6. The van der Waals surface area contributed by atoms with Crippen molar-refractivity contribution in [3.63, 3.8) is 0 Å². The Balaban J connectivity index is 1.64. The quantitative estimate of drug-likeness (QED) is 0.595. The molecular weight excluding hydrogens is 379 g/mol. The van der Waals surface area contributed by atoms with Gasteiger partial charge in [-0.05, 0) is 50.3 Å². The highest BCUT2D eigenvalue weighted by Gasteiger charge is 2.25. The van der Waals surface area contributed by atoms with Crippen molar-refractivity contribution >= 4 is 5.97 Å². The highest BCUT2D eigenvalue weighted by Crippen LogP contribution is 2.31. The smallest absolute Gasteiger partial charge is 0.337 e. The van der Waals surface area contributed by atoms with E-state index in [4.69, 9.17) is 0 Å². The molecule has 0 fully saturated rings. The summed E-state index contributed by atoms with van der Waals surface area (Å²) in [7, 11) is 0. The summed E-state index contributed by atoms with van der Waals surface area (Å²) < 4.78 is 16.1. The number of aromatic nitrogens is 1. The van der Waals surface area contributed by atoms with Crippen molar-refractivity contribution in [1.82, 2.24) is 9.88 Å². The zero-order chi connectivity index (χ0) is 21.3. The molecule has 1 aliphatic carbocycles. The highest BCUT2D eigenvalue weighted by atomic mass is 19.1. The predicted octanol–water partition coefficient (Wildman–Crippen LogP) is 5.16. The molecule has 0 saturated carbocycles. The second-order valence-corrected chi connectivity index (χ2v) is 8.03. The van der Waals surface area contributed by atoms with Gasteiger partial charge in [0.15, 0.2) is 0 Å². The van der Waals surface area contributed by atoms with E-state index >= 15 is 0 Å². The number of carboxylic acid groups (broad SMARTS) is 1. The molecule has 0 saturated heterocycles. The number of fused-ring (bicyclic) bond motifs is 1. The van der Waals surface area contributed by atoms with Crippen LogP contribution in [-0.4, -0.2) is 15.6 Å². The van der Waals surface area contributed by atoms with Gasteiger partial charge in [0.05, 0.1) is 12.1 Å². The van der Waals surface area contributed by atoms with Gasteiger partial charge in [-0.15, -0.1) is 0 Å². The molecule has 0 unspecified atom stereocenters. The van der Waals surface area contributed by atoms with Crippen molar-refractivity contribution in [2.24, 2.45) is 0 Å². The summed E-state index contributed by atoms with van der Waals surface area (Å²) in [5.41, 5.74) is 5.84. The summed E-state index contributed by atoms with van der Waals surface area (Å²) in [5, 5.41) is 13.5. The first-order valence-corrected chi connectivity index (χ1v) is 10.4. The lowest BCUT2D eigenvalue weighted by molar-refractivity contribution is 0.0694. The van der Waals surface area contributed by atoms with Gasteiger partial charge in [-0.3, -0.25) is 0 Å². The SMILES string of the molecule is Cc1c(CN[C@@H]2CCCc3ccccc32)c(C(=O)O)c(C)n1Cc1ccccc1F. The number of hydrogen-bond donors (Lipinski definition) is 2. The van der Waals surface area contributed by atoms with E-state index in [1.807, 2.05) is 11.5 Å². The normalized spacial score (nSPS) is 15.8. The Hall–Kier alpha value is -2.92. The van der Waals surface area contributed by atoms with Gasteiger partial charge in [-0.25, -0.2) is 9.18 Å². The number of nitrogens with one attached hydrogen (secondary N) is 1. The number of halogens is 1. The molecule has 1 atom stereocenters. The zero-order valence-corrected chi connectivity index (χ0v) is 17.4. The van der Waals surface area contributed by atoms with Gasteiger partial charge in [0.25, 0.3) is 0 Å². The van der Waals surface area contributed by atoms with Gasteiger partial charge in [0.2, 0.25) is 0 Å². The Morgan fingerprint density at radius 3 is 2.63 bits per heavy atom. The fourth-order valence-corrected chi connectivity index (χ4v) is 4.67. The van der Waals surface area contributed by atoms with Crippen LogP contribution in [0.4, 0.5) is 4.39 Å². The van der Waals surface area contributed by atoms with Gasteiger partial charge >= 0.3 is 5.97 Å². The van der Waals surface area contributed by atoms with Crippen molar-refractivity contribution < 1.29 is 14.3 Å². The van der Waals surface area contributed by atoms with Crippen molar-refractivity contribution in [2.45, 2.75) is 52.2 Å². The molecule has 1 aliphatic rings. The Morgan fingerprint density at radius 1 is 1.13 bits per heavy atom. The average Bonchev–Trinajstić information content (AvgIpc) is 2.98. The molecule has 30 heavy (non-hydrogen) atoms. The van der Waals surface area contributed by atoms with Crippen LogP contribution in [0.15, 0.2) is 48.5 Å². The van der Waals surface area contributed by atoms with Crippen LogP contribution >= 0.6 is 0 Å². The first-order chi connectivity index (χ1) is 14.5. The van der Waals surface area contributed by atoms with Crippen molar-refractivity contribution in [1.29, 1.82) is 0 Å². The Labute approximate surface area is 176 Å². The summed E-state index contributed by atoms with van der Waals surface area (Å²) in [4.78, 5) is 12.1. The maximum Gasteiger partial charge on any atom is 0.337 e. The van der Waals surface area contributed by atoms with Gasteiger partial charge < -0.3 is 15.0 Å². The number of carboxylic acids is 1. The van der Waals surface area contributed by atoms with Crippen LogP contribution in [0.5, 0.6) is 0 Å². The lowest BCUT2D eigenvalue weighted by Crippen LogP contribution is -2.25. The molecule has 1 heterocycles. The molecule has 0 amide bonds. The predicted molar refractivity (Wildman–Crippen MR) is 115 cm³/mol. The Kier molecular flexibility index (Phi) is 5.73. The summed E-state index contributed by atoms with van der Waals surface area (Å²) in [6, 6.07) is 15.3. The number of benzene rings is 2. The van der Waals surface area contributed by atoms with E-state index in [0.717, 1.165) is 30.5 Å². The summed E-state index contributed by atoms with van der Waals surface area (Å²) in [6.45, 7) is 4.51. The van der Waals surface area contributed by atoms with Crippen LogP contribution in [0.25, 0.3) is 0 Å². The number of carbonyl (C=O) groups is 1. The molecule has 3 aromatic rings. The third-order valence-corrected chi connectivity index (χ3v) is 6.30. The topological polar surface area (TPSA) is 54.3 Å². The van der Waals surface area contributed by atoms with Crippen LogP contribution in [0.1, 0.15) is 62.9 Å². The minimum atomic E-state index is -0.941. The molecule has 0 aliphatic heterocycles. The van der Waals surface area contributed by atoms with E-state index < -0.39 is 5.97 Å². The highest BCUT2D eigenvalue weighted by molar-refractivity contribution is 5.91. The summed E-state index contributed by atoms with van der Waals surface area (Å²) >= 11 is 0. The Bertz CT molecular complexity index is 1090. The molecular formula is C25H27FN2O2. The zero-order valence-electron chi connectivity index (χ0n) is 17.4. The molecule has 2 N–H and O–H groups in total. The first-order valence-electron chi connectivity index (χ1n) is 10.4. The van der Waals surface area contributed by atoms with Crippen molar-refractivity contribution in [3.8, 4) is 0 Å².